The summed E-state index contributed by atoms with van der Waals surface area (Å²) < 4.78 is 10.3. The Hall–Kier alpha value is -1.55. The van der Waals surface area contributed by atoms with E-state index in [0.717, 1.165) is 11.3 Å². The Balaban J connectivity index is 2.53. The Morgan fingerprint density at radius 2 is 1.88 bits per heavy atom. The fourth-order valence-electron chi connectivity index (χ4n) is 1.15. The quantitative estimate of drug-likeness (QED) is 0.792. The third kappa shape index (κ3) is 3.75. The number of rotatable bonds is 5. The first kappa shape index (κ1) is 13.5. The minimum Gasteiger partial charge on any atom is -0.497 e. The number of esters is 1. The van der Waals surface area contributed by atoms with Crippen molar-refractivity contribution >= 4 is 5.97 Å². The number of likely N-dealkylation sites (N-methyl/N-ethyl adjacent to an activating group) is 1. The Morgan fingerprint density at radius 3 is 2.35 bits per heavy atom. The molecule has 0 bridgehead atoms. The Labute approximate surface area is 102 Å². The van der Waals surface area contributed by atoms with Gasteiger partial charge < -0.3 is 14.8 Å². The molecule has 0 spiro atoms. The molecule has 0 aliphatic heterocycles. The van der Waals surface area contributed by atoms with Crippen LogP contribution in [0.1, 0.15) is 19.4 Å². The first-order valence-corrected chi connectivity index (χ1v) is 5.48. The number of hydrogen-bond acceptors (Lipinski definition) is 4. The van der Waals surface area contributed by atoms with E-state index in [-0.39, 0.29) is 12.6 Å². The van der Waals surface area contributed by atoms with E-state index in [0.29, 0.717) is 0 Å². The summed E-state index contributed by atoms with van der Waals surface area (Å²) in [5.74, 6) is 0.520. The molecule has 1 rings (SSSR count). The van der Waals surface area contributed by atoms with Crippen molar-refractivity contribution in [2.45, 2.75) is 26.0 Å². The monoisotopic (exact) mass is 237 g/mol. The van der Waals surface area contributed by atoms with Crippen LogP contribution in [0.2, 0.25) is 0 Å². The molecule has 0 aliphatic rings. The maximum absolute atomic E-state index is 11.7. The van der Waals surface area contributed by atoms with Crippen LogP contribution in [0.4, 0.5) is 0 Å². The lowest BCUT2D eigenvalue weighted by atomic mass is 10.1. The number of hydrogen-bond donors (Lipinski definition) is 1. The molecule has 0 aliphatic carbocycles. The zero-order valence-corrected chi connectivity index (χ0v) is 10.7. The van der Waals surface area contributed by atoms with Gasteiger partial charge in [-0.1, -0.05) is 12.1 Å². The predicted molar refractivity (Wildman–Crippen MR) is 65.9 cm³/mol. The number of nitrogens with one attached hydrogen (secondary N) is 1. The molecular formula is C13H19NO3. The number of carbonyl (C=O) groups is 1. The van der Waals surface area contributed by atoms with Crippen LogP contribution in [-0.2, 0) is 16.1 Å². The van der Waals surface area contributed by atoms with Crippen LogP contribution >= 0.6 is 0 Å². The summed E-state index contributed by atoms with van der Waals surface area (Å²) in [7, 11) is 3.35. The van der Waals surface area contributed by atoms with Gasteiger partial charge in [0.2, 0.25) is 0 Å². The SMILES string of the molecule is CNC(C)(C)C(=O)OCc1ccc(OC)cc1. The number of methoxy groups -OCH3 is 1. The van der Waals surface area contributed by atoms with E-state index < -0.39 is 5.54 Å². The number of ether oxygens (including phenoxy) is 2. The molecule has 1 aromatic rings. The third-order valence-electron chi connectivity index (χ3n) is 2.66. The van der Waals surface area contributed by atoms with Crippen LogP contribution in [0.3, 0.4) is 0 Å². The maximum atomic E-state index is 11.7. The van der Waals surface area contributed by atoms with E-state index in [2.05, 4.69) is 5.32 Å². The highest BCUT2D eigenvalue weighted by Gasteiger charge is 2.26. The van der Waals surface area contributed by atoms with E-state index in [1.165, 1.54) is 0 Å². The molecule has 4 nitrogen and oxygen atoms in total. The topological polar surface area (TPSA) is 47.6 Å². The van der Waals surface area contributed by atoms with Crippen molar-refractivity contribution in [3.05, 3.63) is 29.8 Å². The Morgan fingerprint density at radius 1 is 1.29 bits per heavy atom. The zero-order valence-electron chi connectivity index (χ0n) is 10.7. The second-order valence-electron chi connectivity index (χ2n) is 4.30. The van der Waals surface area contributed by atoms with Crippen molar-refractivity contribution in [3.8, 4) is 5.75 Å². The number of benzene rings is 1. The highest BCUT2D eigenvalue weighted by molar-refractivity contribution is 5.79. The van der Waals surface area contributed by atoms with E-state index in [9.17, 15) is 4.79 Å². The minimum atomic E-state index is -0.660. The predicted octanol–water partition coefficient (Wildman–Crippen LogP) is 1.74. The molecular weight excluding hydrogens is 218 g/mol. The van der Waals surface area contributed by atoms with Crippen molar-refractivity contribution in [3.63, 3.8) is 0 Å². The van der Waals surface area contributed by atoms with Gasteiger partial charge in [-0.2, -0.15) is 0 Å². The first-order chi connectivity index (χ1) is 7.99. The van der Waals surface area contributed by atoms with Gasteiger partial charge in [-0.05, 0) is 38.6 Å². The van der Waals surface area contributed by atoms with Crippen molar-refractivity contribution in [1.82, 2.24) is 5.32 Å². The average molecular weight is 237 g/mol. The van der Waals surface area contributed by atoms with E-state index in [4.69, 9.17) is 9.47 Å². The number of carbonyl (C=O) groups excluding carboxylic acids is 1. The van der Waals surface area contributed by atoms with Crippen molar-refractivity contribution in [1.29, 1.82) is 0 Å². The molecule has 0 amide bonds. The van der Waals surface area contributed by atoms with Crippen LogP contribution in [0, 0.1) is 0 Å². The van der Waals surface area contributed by atoms with Gasteiger partial charge in [0.15, 0.2) is 0 Å². The molecule has 0 saturated carbocycles. The van der Waals surface area contributed by atoms with Crippen LogP contribution in [0.5, 0.6) is 5.75 Å². The van der Waals surface area contributed by atoms with Gasteiger partial charge in [-0.15, -0.1) is 0 Å². The maximum Gasteiger partial charge on any atom is 0.326 e. The molecule has 17 heavy (non-hydrogen) atoms. The highest BCUT2D eigenvalue weighted by atomic mass is 16.5. The lowest BCUT2D eigenvalue weighted by Gasteiger charge is -2.21. The highest BCUT2D eigenvalue weighted by Crippen LogP contribution is 2.13. The summed E-state index contributed by atoms with van der Waals surface area (Å²) in [6.07, 6.45) is 0. The molecule has 0 atom stereocenters. The average Bonchev–Trinajstić information content (AvgIpc) is 2.36. The van der Waals surface area contributed by atoms with E-state index in [1.807, 2.05) is 24.3 Å². The summed E-state index contributed by atoms with van der Waals surface area (Å²) in [4.78, 5) is 11.7. The second-order valence-corrected chi connectivity index (χ2v) is 4.30. The summed E-state index contributed by atoms with van der Waals surface area (Å²) in [6.45, 7) is 3.83. The van der Waals surface area contributed by atoms with Crippen molar-refractivity contribution < 1.29 is 14.3 Å². The molecule has 0 heterocycles. The molecule has 4 heteroatoms. The lowest BCUT2D eigenvalue weighted by molar-refractivity contribution is -0.151. The molecule has 0 unspecified atom stereocenters. The molecule has 0 radical (unpaired) electrons. The fourth-order valence-corrected chi connectivity index (χ4v) is 1.15. The van der Waals surface area contributed by atoms with E-state index >= 15 is 0 Å². The molecule has 0 fully saturated rings. The lowest BCUT2D eigenvalue weighted by Crippen LogP contribution is -2.45. The molecule has 0 aromatic heterocycles. The van der Waals surface area contributed by atoms with Gasteiger partial charge in [-0.3, -0.25) is 4.79 Å². The summed E-state index contributed by atoms with van der Waals surface area (Å²) in [5.41, 5.74) is 0.276. The van der Waals surface area contributed by atoms with Gasteiger partial charge in [-0.25, -0.2) is 0 Å². The van der Waals surface area contributed by atoms with Gasteiger partial charge in [0.1, 0.15) is 17.9 Å². The Kier molecular flexibility index (Phi) is 4.52. The van der Waals surface area contributed by atoms with Gasteiger partial charge in [0, 0.05) is 0 Å². The fraction of sp³-hybridized carbons (Fsp3) is 0.462. The van der Waals surface area contributed by atoms with E-state index in [1.54, 1.807) is 28.0 Å². The van der Waals surface area contributed by atoms with Crippen LogP contribution in [-0.4, -0.2) is 25.7 Å². The normalized spacial score (nSPS) is 11.1. The molecule has 1 aromatic carbocycles. The van der Waals surface area contributed by atoms with Gasteiger partial charge >= 0.3 is 5.97 Å². The largest absolute Gasteiger partial charge is 0.497 e. The summed E-state index contributed by atoms with van der Waals surface area (Å²) in [5, 5.41) is 2.90. The van der Waals surface area contributed by atoms with Gasteiger partial charge in [0.05, 0.1) is 7.11 Å². The van der Waals surface area contributed by atoms with Crippen molar-refractivity contribution in [2.75, 3.05) is 14.2 Å². The van der Waals surface area contributed by atoms with Crippen molar-refractivity contribution in [2.24, 2.45) is 0 Å². The van der Waals surface area contributed by atoms with Crippen LogP contribution in [0.25, 0.3) is 0 Å². The van der Waals surface area contributed by atoms with Crippen LogP contribution in [0.15, 0.2) is 24.3 Å². The van der Waals surface area contributed by atoms with Gasteiger partial charge in [0.25, 0.3) is 0 Å². The first-order valence-electron chi connectivity index (χ1n) is 5.48. The standard InChI is InChI=1S/C13H19NO3/c1-13(2,14-3)12(15)17-9-10-5-7-11(16-4)8-6-10/h5-8,14H,9H2,1-4H3. The molecule has 94 valence electrons. The third-order valence-corrected chi connectivity index (χ3v) is 2.66. The zero-order chi connectivity index (χ0) is 12.9. The molecule has 0 saturated heterocycles. The summed E-state index contributed by atoms with van der Waals surface area (Å²) >= 11 is 0. The second kappa shape index (κ2) is 5.68. The summed E-state index contributed by atoms with van der Waals surface area (Å²) in [6, 6.07) is 7.43. The molecule has 1 N–H and O–H groups in total. The van der Waals surface area contributed by atoms with Crippen LogP contribution < -0.4 is 10.1 Å². The Bertz CT molecular complexity index is 371. The minimum absolute atomic E-state index is 0.268. The smallest absolute Gasteiger partial charge is 0.326 e.